The zero-order valence-electron chi connectivity index (χ0n) is 13.7. The van der Waals surface area contributed by atoms with Crippen LogP contribution in [0.4, 0.5) is 5.69 Å². The Hall–Kier alpha value is -2.63. The normalized spacial score (nSPS) is 10.9. The van der Waals surface area contributed by atoms with E-state index in [9.17, 15) is 0 Å². The molecule has 0 unspecified atom stereocenters. The van der Waals surface area contributed by atoms with Crippen LogP contribution in [0.15, 0.2) is 35.0 Å². The van der Waals surface area contributed by atoms with Crippen LogP contribution in [0.5, 0.6) is 0 Å². The molecule has 0 saturated heterocycles. The third-order valence-electron chi connectivity index (χ3n) is 3.70. The average molecular weight is 311 g/mol. The van der Waals surface area contributed by atoms with Gasteiger partial charge in [-0.2, -0.15) is 10.1 Å². The number of para-hydroxylation sites is 1. The van der Waals surface area contributed by atoms with Crippen LogP contribution in [0.25, 0.3) is 5.69 Å². The Morgan fingerprint density at radius 3 is 2.74 bits per heavy atom. The Balaban J connectivity index is 1.88. The van der Waals surface area contributed by atoms with Gasteiger partial charge in [-0.15, -0.1) is 0 Å². The Bertz CT molecular complexity index is 790. The van der Waals surface area contributed by atoms with Crippen molar-refractivity contribution in [2.75, 3.05) is 5.32 Å². The van der Waals surface area contributed by atoms with E-state index in [-0.39, 0.29) is 0 Å². The summed E-state index contributed by atoms with van der Waals surface area (Å²) in [6, 6.07) is 8.26. The van der Waals surface area contributed by atoms with Crippen molar-refractivity contribution in [2.24, 2.45) is 0 Å². The van der Waals surface area contributed by atoms with Gasteiger partial charge in [-0.1, -0.05) is 36.7 Å². The lowest BCUT2D eigenvalue weighted by Crippen LogP contribution is -2.07. The minimum atomic E-state index is 0.497. The molecule has 23 heavy (non-hydrogen) atoms. The van der Waals surface area contributed by atoms with E-state index in [1.165, 1.54) is 5.56 Å². The first-order valence-corrected chi connectivity index (χ1v) is 7.85. The van der Waals surface area contributed by atoms with Crippen LogP contribution in [0, 0.1) is 13.8 Å². The van der Waals surface area contributed by atoms with E-state index in [0.717, 1.165) is 29.9 Å². The summed E-state index contributed by atoms with van der Waals surface area (Å²) in [6.07, 6.45) is 3.85. The number of benzene rings is 1. The van der Waals surface area contributed by atoms with Gasteiger partial charge in [0.2, 0.25) is 5.89 Å². The van der Waals surface area contributed by atoms with Crippen molar-refractivity contribution in [1.29, 1.82) is 0 Å². The zero-order valence-corrected chi connectivity index (χ0v) is 13.7. The standard InChI is InChI=1S/C17H21N5O/c1-4-7-16-14(18-11-17-20-13(3)21-23-17)10-19-22(16)15-9-6-5-8-12(15)2/h5-6,8-10,18H,4,7,11H2,1-3H3. The number of nitrogens with zero attached hydrogens (tertiary/aromatic N) is 4. The van der Waals surface area contributed by atoms with Gasteiger partial charge in [-0.05, 0) is 31.9 Å². The maximum atomic E-state index is 5.15. The van der Waals surface area contributed by atoms with Crippen molar-refractivity contribution in [3.05, 3.63) is 53.4 Å². The molecule has 1 N–H and O–H groups in total. The van der Waals surface area contributed by atoms with Crippen molar-refractivity contribution in [2.45, 2.75) is 40.2 Å². The van der Waals surface area contributed by atoms with Crippen LogP contribution in [-0.4, -0.2) is 19.9 Å². The maximum Gasteiger partial charge on any atom is 0.245 e. The first-order valence-electron chi connectivity index (χ1n) is 7.85. The molecule has 0 aliphatic rings. The maximum absolute atomic E-state index is 5.15. The summed E-state index contributed by atoms with van der Waals surface area (Å²) in [6.45, 7) is 6.57. The summed E-state index contributed by atoms with van der Waals surface area (Å²) in [7, 11) is 0. The van der Waals surface area contributed by atoms with Crippen LogP contribution >= 0.6 is 0 Å². The molecule has 0 aliphatic heterocycles. The average Bonchev–Trinajstić information content (AvgIpc) is 3.13. The molecule has 0 bridgehead atoms. The van der Waals surface area contributed by atoms with Gasteiger partial charge in [0.1, 0.15) is 0 Å². The molecule has 6 heteroatoms. The molecule has 120 valence electrons. The highest BCUT2D eigenvalue weighted by atomic mass is 16.5. The van der Waals surface area contributed by atoms with Crippen molar-refractivity contribution in [3.63, 3.8) is 0 Å². The fourth-order valence-electron chi connectivity index (χ4n) is 2.59. The Labute approximate surface area is 135 Å². The van der Waals surface area contributed by atoms with Gasteiger partial charge in [0.25, 0.3) is 0 Å². The highest BCUT2D eigenvalue weighted by Gasteiger charge is 2.13. The highest BCUT2D eigenvalue weighted by molar-refractivity contribution is 5.51. The van der Waals surface area contributed by atoms with E-state index >= 15 is 0 Å². The summed E-state index contributed by atoms with van der Waals surface area (Å²) in [4.78, 5) is 4.21. The molecular formula is C17H21N5O. The molecule has 3 aromatic rings. The largest absolute Gasteiger partial charge is 0.373 e. The second-order valence-corrected chi connectivity index (χ2v) is 5.54. The molecule has 0 spiro atoms. The second-order valence-electron chi connectivity index (χ2n) is 5.54. The molecule has 0 fully saturated rings. The molecule has 0 amide bonds. The van der Waals surface area contributed by atoms with Crippen molar-refractivity contribution in [3.8, 4) is 5.69 Å². The van der Waals surface area contributed by atoms with Gasteiger partial charge in [0, 0.05) is 0 Å². The van der Waals surface area contributed by atoms with Gasteiger partial charge in [0.15, 0.2) is 5.82 Å². The van der Waals surface area contributed by atoms with Gasteiger partial charge in [0.05, 0.1) is 29.8 Å². The topological polar surface area (TPSA) is 68.8 Å². The van der Waals surface area contributed by atoms with E-state index in [0.29, 0.717) is 18.3 Å². The lowest BCUT2D eigenvalue weighted by atomic mass is 10.1. The number of aromatic nitrogens is 4. The summed E-state index contributed by atoms with van der Waals surface area (Å²) >= 11 is 0. The Morgan fingerprint density at radius 2 is 2.04 bits per heavy atom. The van der Waals surface area contributed by atoms with E-state index in [2.05, 4.69) is 46.5 Å². The quantitative estimate of drug-likeness (QED) is 0.755. The zero-order chi connectivity index (χ0) is 16.2. The molecule has 2 heterocycles. The minimum absolute atomic E-state index is 0.497. The van der Waals surface area contributed by atoms with Gasteiger partial charge in [-0.25, -0.2) is 4.68 Å². The first-order chi connectivity index (χ1) is 11.2. The SMILES string of the molecule is CCCc1c(NCc2nc(C)no2)cnn1-c1ccccc1C. The number of hydrogen-bond donors (Lipinski definition) is 1. The number of rotatable bonds is 6. The Kier molecular flexibility index (Phi) is 4.41. The number of anilines is 1. The predicted molar refractivity (Wildman–Crippen MR) is 88.7 cm³/mol. The van der Waals surface area contributed by atoms with Crippen LogP contribution in [-0.2, 0) is 13.0 Å². The predicted octanol–water partition coefficient (Wildman–Crippen LogP) is 3.44. The van der Waals surface area contributed by atoms with Crippen molar-refractivity contribution >= 4 is 5.69 Å². The first kappa shape index (κ1) is 15.3. The number of nitrogens with one attached hydrogen (secondary N) is 1. The van der Waals surface area contributed by atoms with Gasteiger partial charge >= 0.3 is 0 Å². The highest BCUT2D eigenvalue weighted by Crippen LogP contribution is 2.23. The fourth-order valence-corrected chi connectivity index (χ4v) is 2.59. The lowest BCUT2D eigenvalue weighted by molar-refractivity contribution is 0.379. The molecule has 1 aromatic carbocycles. The molecule has 0 aliphatic carbocycles. The monoisotopic (exact) mass is 311 g/mol. The van der Waals surface area contributed by atoms with Crippen LogP contribution < -0.4 is 5.32 Å². The molecule has 0 radical (unpaired) electrons. The van der Waals surface area contributed by atoms with Crippen LogP contribution in [0.2, 0.25) is 0 Å². The van der Waals surface area contributed by atoms with E-state index in [1.54, 1.807) is 0 Å². The second kappa shape index (κ2) is 6.64. The molecule has 0 atom stereocenters. The lowest BCUT2D eigenvalue weighted by Gasteiger charge is -2.11. The van der Waals surface area contributed by atoms with Crippen molar-refractivity contribution < 1.29 is 4.52 Å². The molecule has 6 nitrogen and oxygen atoms in total. The fraction of sp³-hybridized carbons (Fsp3) is 0.353. The molecule has 0 saturated carbocycles. The van der Waals surface area contributed by atoms with Gasteiger partial charge in [-0.3, -0.25) is 0 Å². The van der Waals surface area contributed by atoms with Crippen LogP contribution in [0.1, 0.15) is 36.3 Å². The van der Waals surface area contributed by atoms with E-state index < -0.39 is 0 Å². The summed E-state index contributed by atoms with van der Waals surface area (Å²) in [5, 5.41) is 11.7. The van der Waals surface area contributed by atoms with E-state index in [1.807, 2.05) is 29.9 Å². The molecule has 2 aromatic heterocycles. The number of aryl methyl sites for hydroxylation is 2. The summed E-state index contributed by atoms with van der Waals surface area (Å²) in [5.41, 5.74) is 4.48. The van der Waals surface area contributed by atoms with E-state index in [4.69, 9.17) is 4.52 Å². The Morgan fingerprint density at radius 1 is 1.22 bits per heavy atom. The summed E-state index contributed by atoms with van der Waals surface area (Å²) in [5.74, 6) is 1.22. The smallest absolute Gasteiger partial charge is 0.245 e. The van der Waals surface area contributed by atoms with Crippen LogP contribution in [0.3, 0.4) is 0 Å². The molecular weight excluding hydrogens is 290 g/mol. The third kappa shape index (κ3) is 3.26. The third-order valence-corrected chi connectivity index (χ3v) is 3.70. The van der Waals surface area contributed by atoms with Crippen molar-refractivity contribution in [1.82, 2.24) is 19.9 Å². The summed E-state index contributed by atoms with van der Waals surface area (Å²) < 4.78 is 7.16. The molecule has 3 rings (SSSR count). The number of hydrogen-bond acceptors (Lipinski definition) is 5. The van der Waals surface area contributed by atoms with Gasteiger partial charge < -0.3 is 9.84 Å². The minimum Gasteiger partial charge on any atom is -0.373 e.